The van der Waals surface area contributed by atoms with Gasteiger partial charge in [0, 0.05) is 40.6 Å². The lowest BCUT2D eigenvalue weighted by molar-refractivity contribution is -0.118. The minimum Gasteiger partial charge on any atom is -0.472 e. The van der Waals surface area contributed by atoms with Gasteiger partial charge in [-0.15, -0.1) is 0 Å². The largest absolute Gasteiger partial charge is 0.472 e. The van der Waals surface area contributed by atoms with Gasteiger partial charge in [0.1, 0.15) is 11.5 Å². The summed E-state index contributed by atoms with van der Waals surface area (Å²) in [5, 5.41) is 10.3. The lowest BCUT2D eigenvalue weighted by Crippen LogP contribution is -2.17. The van der Waals surface area contributed by atoms with E-state index in [0.717, 1.165) is 11.1 Å². The first-order chi connectivity index (χ1) is 17.5. The highest BCUT2D eigenvalue weighted by atomic mass is 19.1. The molecule has 9 nitrogen and oxygen atoms in total. The van der Waals surface area contributed by atoms with Crippen molar-refractivity contribution in [3.63, 3.8) is 0 Å². The zero-order valence-corrected chi connectivity index (χ0v) is 19.3. The van der Waals surface area contributed by atoms with Gasteiger partial charge in [-0.25, -0.2) is 14.4 Å². The molecule has 0 radical (unpaired) electrons. The predicted molar refractivity (Wildman–Crippen MR) is 133 cm³/mol. The summed E-state index contributed by atoms with van der Waals surface area (Å²) in [7, 11) is 0. The number of aromatic nitrogens is 6. The van der Waals surface area contributed by atoms with Gasteiger partial charge in [-0.1, -0.05) is 13.8 Å². The number of imidazole rings is 1. The van der Waals surface area contributed by atoms with Crippen LogP contribution in [0.2, 0.25) is 0 Å². The van der Waals surface area contributed by atoms with Crippen molar-refractivity contribution >= 4 is 33.7 Å². The van der Waals surface area contributed by atoms with Crippen LogP contribution in [-0.4, -0.2) is 36.0 Å². The molecule has 6 rings (SSSR count). The smallest absolute Gasteiger partial charge is 0.226 e. The highest BCUT2D eigenvalue weighted by molar-refractivity contribution is 5.98. The number of rotatable bonds is 5. The molecule has 5 aromatic heterocycles. The Morgan fingerprint density at radius 1 is 1.11 bits per heavy atom. The van der Waals surface area contributed by atoms with Crippen LogP contribution in [0.25, 0.3) is 55.8 Å². The van der Waals surface area contributed by atoms with E-state index < -0.39 is 5.82 Å². The summed E-state index contributed by atoms with van der Waals surface area (Å²) >= 11 is 0. The van der Waals surface area contributed by atoms with Crippen LogP contribution < -0.4 is 5.32 Å². The molecule has 10 heteroatoms. The summed E-state index contributed by atoms with van der Waals surface area (Å²) in [5.74, 6) is -0.432. The molecular weight excluding hydrogens is 461 g/mol. The fraction of sp³-hybridized carbons (Fsp3) is 0.115. The van der Waals surface area contributed by atoms with E-state index in [1.807, 2.05) is 12.1 Å². The number of nitrogens with zero attached hydrogens (tertiary/aromatic N) is 4. The first kappa shape index (κ1) is 21.7. The predicted octanol–water partition coefficient (Wildman–Crippen LogP) is 5.56. The third kappa shape index (κ3) is 3.59. The number of aromatic amines is 2. The summed E-state index contributed by atoms with van der Waals surface area (Å²) < 4.78 is 21.2. The molecule has 0 saturated heterocycles. The van der Waals surface area contributed by atoms with E-state index in [9.17, 15) is 4.79 Å². The second-order valence-electron chi connectivity index (χ2n) is 8.68. The number of carbonyl (C=O) groups excluding carboxylic acids is 1. The molecule has 0 aliphatic heterocycles. The number of benzene rings is 1. The number of anilines is 1. The topological polar surface area (TPSA) is 125 Å². The highest BCUT2D eigenvalue weighted by Gasteiger charge is 2.21. The average molecular weight is 481 g/mol. The van der Waals surface area contributed by atoms with Crippen LogP contribution in [0.15, 0.2) is 65.9 Å². The maximum Gasteiger partial charge on any atom is 0.226 e. The number of nitrogens with one attached hydrogen (secondary N) is 3. The van der Waals surface area contributed by atoms with Crippen LogP contribution in [0, 0.1) is 11.7 Å². The van der Waals surface area contributed by atoms with Crippen molar-refractivity contribution in [2.45, 2.75) is 13.8 Å². The van der Waals surface area contributed by atoms with Crippen LogP contribution in [0.4, 0.5) is 10.1 Å². The fourth-order valence-electron chi connectivity index (χ4n) is 4.09. The summed E-state index contributed by atoms with van der Waals surface area (Å²) in [6.07, 6.45) is 7.97. The van der Waals surface area contributed by atoms with E-state index in [0.29, 0.717) is 45.0 Å². The first-order valence-corrected chi connectivity index (χ1v) is 11.3. The monoisotopic (exact) mass is 481 g/mol. The Balaban J connectivity index is 1.46. The molecule has 1 amide bonds. The fourth-order valence-corrected chi connectivity index (χ4v) is 4.09. The van der Waals surface area contributed by atoms with Gasteiger partial charge in [0.25, 0.3) is 0 Å². The molecule has 3 N–H and O–H groups in total. The normalized spacial score (nSPS) is 11.6. The molecule has 0 saturated carbocycles. The maximum absolute atomic E-state index is 16.0. The Hall–Kier alpha value is -4.86. The van der Waals surface area contributed by atoms with Crippen molar-refractivity contribution < 1.29 is 13.6 Å². The van der Waals surface area contributed by atoms with Crippen LogP contribution in [0.1, 0.15) is 13.8 Å². The zero-order chi connectivity index (χ0) is 24.8. The van der Waals surface area contributed by atoms with Crippen molar-refractivity contribution in [1.29, 1.82) is 0 Å². The van der Waals surface area contributed by atoms with Gasteiger partial charge in [0.05, 0.1) is 40.8 Å². The van der Waals surface area contributed by atoms with Crippen LogP contribution in [0.5, 0.6) is 0 Å². The number of pyridine rings is 2. The molecule has 36 heavy (non-hydrogen) atoms. The van der Waals surface area contributed by atoms with E-state index in [-0.39, 0.29) is 17.2 Å². The van der Waals surface area contributed by atoms with Gasteiger partial charge in [0.15, 0.2) is 11.5 Å². The minimum atomic E-state index is -0.478. The minimum absolute atomic E-state index is 0.143. The Morgan fingerprint density at radius 2 is 2.00 bits per heavy atom. The number of amides is 1. The second kappa shape index (κ2) is 8.42. The Bertz CT molecular complexity index is 1730. The third-order valence-corrected chi connectivity index (χ3v) is 5.96. The number of carbonyl (C=O) groups is 1. The van der Waals surface area contributed by atoms with Gasteiger partial charge in [-0.2, -0.15) is 5.10 Å². The molecular formula is C26H20FN7O2. The molecule has 0 spiro atoms. The Labute approximate surface area is 203 Å². The number of hydrogen-bond donors (Lipinski definition) is 3. The summed E-state index contributed by atoms with van der Waals surface area (Å²) in [6.45, 7) is 3.60. The van der Waals surface area contributed by atoms with Crippen molar-refractivity contribution in [2.24, 2.45) is 5.92 Å². The standard InChI is InChI=1S/C26H20FN7O2/c1-13(2)26(35)30-16-9-15(10-28-11-16)17-3-4-19-20(21(17)27)23(34-33-19)25-31-22-18(14-6-8-36-12-14)5-7-29-24(22)32-25/h3-13H,1-2H3,(H,30,35)(H,33,34)(H,29,31,32). The van der Waals surface area contributed by atoms with Crippen LogP contribution in [-0.2, 0) is 4.79 Å². The average Bonchev–Trinajstić information content (AvgIpc) is 3.63. The van der Waals surface area contributed by atoms with E-state index >= 15 is 4.39 Å². The number of hydrogen-bond acceptors (Lipinski definition) is 6. The van der Waals surface area contributed by atoms with E-state index in [1.165, 1.54) is 6.20 Å². The lowest BCUT2D eigenvalue weighted by atomic mass is 10.0. The third-order valence-electron chi connectivity index (χ3n) is 5.96. The number of halogens is 1. The van der Waals surface area contributed by atoms with Gasteiger partial charge in [-0.05, 0) is 30.3 Å². The van der Waals surface area contributed by atoms with E-state index in [2.05, 4.69) is 35.5 Å². The molecule has 5 heterocycles. The summed E-state index contributed by atoms with van der Waals surface area (Å²) in [5.41, 5.74) is 5.10. The quantitative estimate of drug-likeness (QED) is 0.296. The molecule has 0 aliphatic carbocycles. The summed E-state index contributed by atoms with van der Waals surface area (Å²) in [4.78, 5) is 28.5. The maximum atomic E-state index is 16.0. The number of H-pyrrole nitrogens is 2. The number of furan rings is 1. The van der Waals surface area contributed by atoms with Crippen molar-refractivity contribution in [3.05, 3.63) is 67.3 Å². The SMILES string of the molecule is CC(C)C(=O)Nc1cncc(-c2ccc3[nH]nc(-c4nc5nccc(-c6ccoc6)c5[nH]4)c3c2F)c1. The molecule has 0 fully saturated rings. The molecule has 0 aliphatic rings. The van der Waals surface area contributed by atoms with Crippen molar-refractivity contribution in [3.8, 4) is 33.8 Å². The highest BCUT2D eigenvalue weighted by Crippen LogP contribution is 2.35. The zero-order valence-electron chi connectivity index (χ0n) is 19.3. The van der Waals surface area contributed by atoms with Gasteiger partial charge in [-0.3, -0.25) is 14.9 Å². The molecule has 0 unspecified atom stereocenters. The van der Waals surface area contributed by atoms with E-state index in [1.54, 1.807) is 57.0 Å². The Morgan fingerprint density at radius 3 is 2.81 bits per heavy atom. The van der Waals surface area contributed by atoms with Gasteiger partial charge < -0.3 is 14.7 Å². The first-order valence-electron chi connectivity index (χ1n) is 11.3. The number of fused-ring (bicyclic) bond motifs is 2. The molecule has 0 atom stereocenters. The van der Waals surface area contributed by atoms with Crippen LogP contribution >= 0.6 is 0 Å². The Kier molecular flexibility index (Phi) is 5.06. The van der Waals surface area contributed by atoms with Gasteiger partial charge in [0.2, 0.25) is 5.91 Å². The summed E-state index contributed by atoms with van der Waals surface area (Å²) in [6, 6.07) is 8.80. The molecule has 6 aromatic rings. The lowest BCUT2D eigenvalue weighted by Gasteiger charge is -2.10. The van der Waals surface area contributed by atoms with Crippen molar-refractivity contribution in [2.75, 3.05) is 5.32 Å². The second-order valence-corrected chi connectivity index (χ2v) is 8.68. The van der Waals surface area contributed by atoms with Crippen LogP contribution in [0.3, 0.4) is 0 Å². The molecule has 0 bridgehead atoms. The molecule has 178 valence electrons. The van der Waals surface area contributed by atoms with E-state index in [4.69, 9.17) is 4.42 Å². The van der Waals surface area contributed by atoms with Crippen molar-refractivity contribution in [1.82, 2.24) is 30.1 Å². The van der Waals surface area contributed by atoms with Gasteiger partial charge >= 0.3 is 0 Å². The molecule has 1 aromatic carbocycles.